The van der Waals surface area contributed by atoms with Gasteiger partial charge in [0, 0.05) is 33.7 Å². The molecular formula is C17H15BrN2S. The first-order valence-corrected chi connectivity index (χ1v) is 8.79. The number of hydrogen-bond acceptors (Lipinski definition) is 3. The van der Waals surface area contributed by atoms with E-state index in [9.17, 15) is 0 Å². The number of benzene rings is 1. The van der Waals surface area contributed by atoms with E-state index in [4.69, 9.17) is 0 Å². The Morgan fingerprint density at radius 2 is 2.24 bits per heavy atom. The largest absolute Gasteiger partial charge is 0.378 e. The molecule has 0 amide bonds. The number of nitrogens with one attached hydrogen (secondary N) is 1. The molecule has 1 aromatic carbocycles. The summed E-state index contributed by atoms with van der Waals surface area (Å²) in [5, 5.41) is 6.18. The number of halogens is 1. The molecule has 1 atom stereocenters. The fraction of sp³-hybridized carbons (Fsp3) is 0.235. The zero-order chi connectivity index (χ0) is 14.2. The van der Waals surface area contributed by atoms with E-state index in [1.54, 1.807) is 0 Å². The lowest BCUT2D eigenvalue weighted by Crippen LogP contribution is -2.15. The smallest absolute Gasteiger partial charge is 0.0705 e. The molecule has 2 heterocycles. The summed E-state index contributed by atoms with van der Waals surface area (Å²) in [6, 6.07) is 11.2. The minimum atomic E-state index is 0.412. The highest BCUT2D eigenvalue weighted by molar-refractivity contribution is 9.11. The van der Waals surface area contributed by atoms with Crippen LogP contribution in [0.15, 0.2) is 46.5 Å². The molecule has 0 radical (unpaired) electrons. The summed E-state index contributed by atoms with van der Waals surface area (Å²) in [5.41, 5.74) is 2.67. The molecule has 3 aromatic rings. The lowest BCUT2D eigenvalue weighted by atomic mass is 9.93. The lowest BCUT2D eigenvalue weighted by molar-refractivity contribution is 0.609. The number of pyridine rings is 1. The summed E-state index contributed by atoms with van der Waals surface area (Å²) in [5.74, 6) is 0. The van der Waals surface area contributed by atoms with Gasteiger partial charge in [-0.1, -0.05) is 12.1 Å². The summed E-state index contributed by atoms with van der Waals surface area (Å²) in [4.78, 5) is 5.73. The van der Waals surface area contributed by atoms with Gasteiger partial charge in [0.25, 0.3) is 0 Å². The monoisotopic (exact) mass is 358 g/mol. The van der Waals surface area contributed by atoms with Crippen molar-refractivity contribution in [3.05, 3.63) is 57.0 Å². The Bertz CT molecular complexity index is 791. The highest BCUT2D eigenvalue weighted by atomic mass is 79.9. The molecule has 0 fully saturated rings. The Labute approximate surface area is 136 Å². The molecule has 1 N–H and O–H groups in total. The standard InChI is InChI=1S/C17H15BrN2S/c18-17-9-13-15(5-2-6-16(13)21-17)20-14-4-1-3-11-10-19-8-7-12(11)14/h1,3-4,7-10,15,20H,2,5-6H2. The van der Waals surface area contributed by atoms with Crippen LogP contribution in [0, 0.1) is 0 Å². The molecule has 1 aliphatic rings. The van der Waals surface area contributed by atoms with Crippen molar-refractivity contribution in [1.29, 1.82) is 0 Å². The van der Waals surface area contributed by atoms with Crippen LogP contribution in [0.25, 0.3) is 10.8 Å². The molecule has 2 aromatic heterocycles. The van der Waals surface area contributed by atoms with E-state index in [0.29, 0.717) is 6.04 Å². The Morgan fingerprint density at radius 1 is 1.29 bits per heavy atom. The van der Waals surface area contributed by atoms with Gasteiger partial charge >= 0.3 is 0 Å². The first-order chi connectivity index (χ1) is 10.3. The molecule has 2 nitrogen and oxygen atoms in total. The minimum Gasteiger partial charge on any atom is -0.378 e. The second-order valence-corrected chi connectivity index (χ2v) is 7.94. The number of rotatable bonds is 2. The van der Waals surface area contributed by atoms with Gasteiger partial charge in [0.15, 0.2) is 0 Å². The van der Waals surface area contributed by atoms with E-state index in [0.717, 1.165) is 0 Å². The van der Waals surface area contributed by atoms with Crippen LogP contribution in [-0.4, -0.2) is 4.98 Å². The van der Waals surface area contributed by atoms with Crippen LogP contribution < -0.4 is 5.32 Å². The van der Waals surface area contributed by atoms with Gasteiger partial charge in [-0.25, -0.2) is 0 Å². The van der Waals surface area contributed by atoms with Crippen molar-refractivity contribution in [3.8, 4) is 0 Å². The van der Waals surface area contributed by atoms with E-state index >= 15 is 0 Å². The quantitative estimate of drug-likeness (QED) is 0.649. The third-order valence-corrected chi connectivity index (χ3v) is 5.81. The van der Waals surface area contributed by atoms with Gasteiger partial charge in [0.2, 0.25) is 0 Å². The van der Waals surface area contributed by atoms with Crippen LogP contribution in [0.3, 0.4) is 0 Å². The highest BCUT2D eigenvalue weighted by Crippen LogP contribution is 2.40. The summed E-state index contributed by atoms with van der Waals surface area (Å²) >= 11 is 5.50. The predicted octanol–water partition coefficient (Wildman–Crippen LogP) is 5.55. The first kappa shape index (κ1) is 13.3. The Hall–Kier alpha value is -1.39. The van der Waals surface area contributed by atoms with Crippen molar-refractivity contribution >= 4 is 43.7 Å². The third-order valence-electron chi connectivity index (χ3n) is 4.09. The van der Waals surface area contributed by atoms with E-state index in [1.807, 2.05) is 23.7 Å². The van der Waals surface area contributed by atoms with E-state index < -0.39 is 0 Å². The van der Waals surface area contributed by atoms with Gasteiger partial charge in [-0.3, -0.25) is 4.98 Å². The molecule has 4 rings (SSSR count). The van der Waals surface area contributed by atoms with Gasteiger partial charge in [0.1, 0.15) is 0 Å². The number of aromatic nitrogens is 1. The molecule has 0 saturated heterocycles. The Balaban J connectivity index is 1.73. The van der Waals surface area contributed by atoms with Gasteiger partial charge in [0.05, 0.1) is 9.83 Å². The topological polar surface area (TPSA) is 24.9 Å². The average Bonchev–Trinajstić information content (AvgIpc) is 2.89. The number of aryl methyl sites for hydroxylation is 1. The van der Waals surface area contributed by atoms with Gasteiger partial charge in [-0.2, -0.15) is 0 Å². The summed E-state index contributed by atoms with van der Waals surface area (Å²) in [6.45, 7) is 0. The van der Waals surface area contributed by atoms with Crippen molar-refractivity contribution in [2.75, 3.05) is 5.32 Å². The Morgan fingerprint density at radius 3 is 3.19 bits per heavy atom. The average molecular weight is 359 g/mol. The number of nitrogens with zero attached hydrogens (tertiary/aromatic N) is 1. The molecule has 21 heavy (non-hydrogen) atoms. The zero-order valence-corrected chi connectivity index (χ0v) is 13.9. The molecule has 106 valence electrons. The minimum absolute atomic E-state index is 0.412. The fourth-order valence-electron chi connectivity index (χ4n) is 3.11. The first-order valence-electron chi connectivity index (χ1n) is 7.18. The maximum absolute atomic E-state index is 4.21. The third kappa shape index (κ3) is 2.47. The maximum atomic E-state index is 4.21. The lowest BCUT2D eigenvalue weighted by Gasteiger charge is -2.25. The summed E-state index contributed by atoms with van der Waals surface area (Å²) in [6.07, 6.45) is 7.44. The predicted molar refractivity (Wildman–Crippen MR) is 93.1 cm³/mol. The fourth-order valence-corrected chi connectivity index (χ4v) is 4.93. The molecular weight excluding hydrogens is 344 g/mol. The van der Waals surface area contributed by atoms with Crippen molar-refractivity contribution in [2.24, 2.45) is 0 Å². The SMILES string of the molecule is Brc1cc2c(s1)CCCC2Nc1cccc2cnccc12. The summed E-state index contributed by atoms with van der Waals surface area (Å²) < 4.78 is 1.24. The van der Waals surface area contributed by atoms with Gasteiger partial charge < -0.3 is 5.32 Å². The zero-order valence-electron chi connectivity index (χ0n) is 11.5. The van der Waals surface area contributed by atoms with Crippen LogP contribution >= 0.6 is 27.3 Å². The van der Waals surface area contributed by atoms with Crippen molar-refractivity contribution in [2.45, 2.75) is 25.3 Å². The molecule has 1 unspecified atom stereocenters. The highest BCUT2D eigenvalue weighted by Gasteiger charge is 2.22. The summed E-state index contributed by atoms with van der Waals surface area (Å²) in [7, 11) is 0. The van der Waals surface area contributed by atoms with Crippen molar-refractivity contribution in [1.82, 2.24) is 4.98 Å². The van der Waals surface area contributed by atoms with Crippen molar-refractivity contribution in [3.63, 3.8) is 0 Å². The molecule has 0 aliphatic heterocycles. The van der Waals surface area contributed by atoms with Gasteiger partial charge in [-0.05, 0) is 59.0 Å². The van der Waals surface area contributed by atoms with Crippen molar-refractivity contribution < 1.29 is 0 Å². The van der Waals surface area contributed by atoms with Crippen LogP contribution in [-0.2, 0) is 6.42 Å². The molecule has 1 aliphatic carbocycles. The van der Waals surface area contributed by atoms with Crippen LogP contribution in [0.2, 0.25) is 0 Å². The molecule has 0 saturated carbocycles. The number of hydrogen-bond donors (Lipinski definition) is 1. The van der Waals surface area contributed by atoms with E-state index in [1.165, 1.54) is 49.9 Å². The Kier molecular flexibility index (Phi) is 3.43. The van der Waals surface area contributed by atoms with Crippen LogP contribution in [0.4, 0.5) is 5.69 Å². The number of fused-ring (bicyclic) bond motifs is 2. The van der Waals surface area contributed by atoms with Crippen LogP contribution in [0.1, 0.15) is 29.3 Å². The second kappa shape index (κ2) is 5.43. The van der Waals surface area contributed by atoms with E-state index in [2.05, 4.69) is 56.6 Å². The normalized spacial score (nSPS) is 17.7. The van der Waals surface area contributed by atoms with Crippen LogP contribution in [0.5, 0.6) is 0 Å². The second-order valence-electron chi connectivity index (χ2n) is 5.42. The van der Waals surface area contributed by atoms with E-state index in [-0.39, 0.29) is 0 Å². The molecule has 0 spiro atoms. The molecule has 0 bridgehead atoms. The molecule has 4 heteroatoms. The number of thiophene rings is 1. The van der Waals surface area contributed by atoms with Gasteiger partial charge in [-0.15, -0.1) is 11.3 Å². The number of anilines is 1. The maximum Gasteiger partial charge on any atom is 0.0705 e.